The first-order valence-electron chi connectivity index (χ1n) is 9.12. The quantitative estimate of drug-likeness (QED) is 0.650. The van der Waals surface area contributed by atoms with Crippen molar-refractivity contribution in [3.05, 3.63) is 53.2 Å². The minimum absolute atomic E-state index is 0.0501. The Bertz CT molecular complexity index is 987. The maximum absolute atomic E-state index is 13.2. The molecule has 1 atom stereocenters. The number of benzene rings is 1. The van der Waals surface area contributed by atoms with Gasteiger partial charge >= 0.3 is 0 Å². The Morgan fingerprint density at radius 2 is 2.11 bits per heavy atom. The summed E-state index contributed by atoms with van der Waals surface area (Å²) in [7, 11) is 0. The number of rotatable bonds is 5. The maximum atomic E-state index is 13.2. The predicted octanol–water partition coefficient (Wildman–Crippen LogP) is 3.29. The monoisotopic (exact) mass is 412 g/mol. The first kappa shape index (κ1) is 18.9. The number of amides is 2. The first-order chi connectivity index (χ1) is 13.6. The maximum Gasteiger partial charge on any atom is 0.256 e. The highest BCUT2D eigenvalue weighted by Gasteiger charge is 2.28. The van der Waals surface area contributed by atoms with Gasteiger partial charge in [0.1, 0.15) is 5.03 Å². The lowest BCUT2D eigenvalue weighted by atomic mass is 9.98. The standard InChI is InChI=1S/C20H20N4O2S2/c21-17(25)12-27-19-14(6-3-9-22-19)20(26)24-10-4-5-13(11-24)18-23-15-7-1-2-8-16(15)28-18/h1-3,6-9,13H,4-5,10-12H2,(H2,21,25)/t13-/m0/s1. The molecule has 1 fully saturated rings. The minimum atomic E-state index is -0.428. The summed E-state index contributed by atoms with van der Waals surface area (Å²) in [5.74, 6) is -0.131. The van der Waals surface area contributed by atoms with Crippen LogP contribution in [-0.4, -0.2) is 45.5 Å². The molecule has 0 unspecified atom stereocenters. The lowest BCUT2D eigenvalue weighted by Gasteiger charge is -2.32. The van der Waals surface area contributed by atoms with Gasteiger partial charge < -0.3 is 10.6 Å². The predicted molar refractivity (Wildman–Crippen MR) is 112 cm³/mol. The topological polar surface area (TPSA) is 89.2 Å². The zero-order valence-corrected chi connectivity index (χ0v) is 16.8. The van der Waals surface area contributed by atoms with E-state index >= 15 is 0 Å². The van der Waals surface area contributed by atoms with E-state index < -0.39 is 5.91 Å². The first-order valence-corrected chi connectivity index (χ1v) is 10.9. The van der Waals surface area contributed by atoms with Gasteiger partial charge in [0, 0.05) is 25.2 Å². The molecule has 2 aromatic heterocycles. The molecule has 6 nitrogen and oxygen atoms in total. The van der Waals surface area contributed by atoms with E-state index in [1.807, 2.05) is 23.1 Å². The molecule has 28 heavy (non-hydrogen) atoms. The van der Waals surface area contributed by atoms with E-state index in [1.54, 1.807) is 29.7 Å². The van der Waals surface area contributed by atoms with Crippen LogP contribution in [-0.2, 0) is 4.79 Å². The average molecular weight is 413 g/mol. The zero-order chi connectivity index (χ0) is 19.5. The third kappa shape index (κ3) is 4.02. The van der Waals surface area contributed by atoms with Gasteiger partial charge in [-0.05, 0) is 37.1 Å². The third-order valence-corrected chi connectivity index (χ3v) is 6.95. The fourth-order valence-electron chi connectivity index (χ4n) is 3.41. The van der Waals surface area contributed by atoms with Gasteiger partial charge in [0.2, 0.25) is 5.91 Å². The highest BCUT2D eigenvalue weighted by atomic mass is 32.2. The smallest absolute Gasteiger partial charge is 0.256 e. The van der Waals surface area contributed by atoms with E-state index in [9.17, 15) is 9.59 Å². The van der Waals surface area contributed by atoms with Crippen LogP contribution in [0.4, 0.5) is 0 Å². The van der Waals surface area contributed by atoms with Crippen LogP contribution in [0.3, 0.4) is 0 Å². The fraction of sp³-hybridized carbons (Fsp3) is 0.300. The van der Waals surface area contributed by atoms with Crippen LogP contribution >= 0.6 is 23.1 Å². The number of hydrogen-bond donors (Lipinski definition) is 1. The number of pyridine rings is 1. The van der Waals surface area contributed by atoms with Gasteiger partial charge in [-0.1, -0.05) is 23.9 Å². The molecule has 1 aromatic carbocycles. The summed E-state index contributed by atoms with van der Waals surface area (Å²) in [5.41, 5.74) is 6.78. The van der Waals surface area contributed by atoms with Crippen LogP contribution < -0.4 is 5.73 Å². The van der Waals surface area contributed by atoms with Crippen molar-refractivity contribution in [1.82, 2.24) is 14.9 Å². The Labute approximate surface area is 171 Å². The summed E-state index contributed by atoms with van der Waals surface area (Å²) < 4.78 is 1.18. The van der Waals surface area contributed by atoms with Crippen molar-refractivity contribution in [3.8, 4) is 0 Å². The summed E-state index contributed by atoms with van der Waals surface area (Å²) in [6, 6.07) is 11.6. The lowest BCUT2D eigenvalue weighted by molar-refractivity contribution is -0.115. The molecule has 0 bridgehead atoms. The van der Waals surface area contributed by atoms with E-state index in [2.05, 4.69) is 11.1 Å². The molecule has 1 aliphatic rings. The van der Waals surface area contributed by atoms with Gasteiger partial charge in [-0.2, -0.15) is 0 Å². The molecule has 2 N–H and O–H groups in total. The van der Waals surface area contributed by atoms with Crippen molar-refractivity contribution < 1.29 is 9.59 Å². The van der Waals surface area contributed by atoms with Crippen molar-refractivity contribution in [2.24, 2.45) is 5.73 Å². The van der Waals surface area contributed by atoms with E-state index in [4.69, 9.17) is 10.7 Å². The number of aromatic nitrogens is 2. The number of nitrogens with two attached hydrogens (primary N) is 1. The fourth-order valence-corrected chi connectivity index (χ4v) is 5.22. The van der Waals surface area contributed by atoms with Gasteiger partial charge in [-0.3, -0.25) is 9.59 Å². The Hall–Kier alpha value is -2.45. The second-order valence-electron chi connectivity index (χ2n) is 6.72. The highest BCUT2D eigenvalue weighted by Crippen LogP contribution is 2.33. The van der Waals surface area contributed by atoms with Gasteiger partial charge in [0.05, 0.1) is 26.5 Å². The SMILES string of the molecule is NC(=O)CSc1ncccc1C(=O)N1CCC[C@H](c2nc3ccccc3s2)C1. The lowest BCUT2D eigenvalue weighted by Crippen LogP contribution is -2.39. The van der Waals surface area contributed by atoms with Gasteiger partial charge in [0.15, 0.2) is 0 Å². The second kappa shape index (κ2) is 8.28. The van der Waals surface area contributed by atoms with Crippen LogP contribution in [0.5, 0.6) is 0 Å². The number of thiazole rings is 1. The highest BCUT2D eigenvalue weighted by molar-refractivity contribution is 8.00. The molecule has 0 spiro atoms. The summed E-state index contributed by atoms with van der Waals surface area (Å²) in [4.78, 5) is 35.2. The number of hydrogen-bond acceptors (Lipinski definition) is 6. The third-order valence-electron chi connectivity index (χ3n) is 4.72. The number of para-hydroxylation sites is 1. The molecule has 8 heteroatoms. The summed E-state index contributed by atoms with van der Waals surface area (Å²) in [5, 5.41) is 1.64. The number of thioether (sulfide) groups is 1. The van der Waals surface area contributed by atoms with Crippen LogP contribution in [0.1, 0.15) is 34.1 Å². The zero-order valence-electron chi connectivity index (χ0n) is 15.2. The number of primary amides is 1. The molecule has 0 radical (unpaired) electrons. The van der Waals surface area contributed by atoms with Crippen LogP contribution in [0.25, 0.3) is 10.2 Å². The summed E-state index contributed by atoms with van der Waals surface area (Å²) >= 11 is 2.92. The number of nitrogens with zero attached hydrogens (tertiary/aromatic N) is 3. The van der Waals surface area contributed by atoms with Gasteiger partial charge in [-0.15, -0.1) is 11.3 Å². The number of likely N-dealkylation sites (tertiary alicyclic amines) is 1. The van der Waals surface area contributed by atoms with E-state index in [1.165, 1.54) is 16.5 Å². The Morgan fingerprint density at radius 3 is 2.93 bits per heavy atom. The molecule has 3 aromatic rings. The van der Waals surface area contributed by atoms with Crippen LogP contribution in [0.15, 0.2) is 47.6 Å². The molecule has 1 saturated heterocycles. The second-order valence-corrected chi connectivity index (χ2v) is 8.75. The van der Waals surface area contributed by atoms with Crippen molar-refractivity contribution in [1.29, 1.82) is 0 Å². The minimum Gasteiger partial charge on any atom is -0.369 e. The number of carbonyl (C=O) groups is 2. The van der Waals surface area contributed by atoms with Crippen LogP contribution in [0.2, 0.25) is 0 Å². The van der Waals surface area contributed by atoms with Gasteiger partial charge in [0.25, 0.3) is 5.91 Å². The summed E-state index contributed by atoms with van der Waals surface area (Å²) in [6.45, 7) is 1.36. The van der Waals surface area contributed by atoms with Crippen molar-refractivity contribution in [3.63, 3.8) is 0 Å². The normalized spacial score (nSPS) is 17.0. The van der Waals surface area contributed by atoms with E-state index in [0.29, 0.717) is 17.1 Å². The van der Waals surface area contributed by atoms with E-state index in [0.717, 1.165) is 29.9 Å². The molecule has 0 saturated carbocycles. The Kier molecular flexibility index (Phi) is 5.59. The summed E-state index contributed by atoms with van der Waals surface area (Å²) in [6.07, 6.45) is 3.59. The number of piperidine rings is 1. The average Bonchev–Trinajstić information content (AvgIpc) is 3.16. The largest absolute Gasteiger partial charge is 0.369 e. The molecule has 1 aliphatic heterocycles. The molecule has 3 heterocycles. The molecular weight excluding hydrogens is 392 g/mol. The van der Waals surface area contributed by atoms with Crippen LogP contribution in [0, 0.1) is 0 Å². The molecule has 0 aliphatic carbocycles. The van der Waals surface area contributed by atoms with Crippen molar-refractivity contribution in [2.75, 3.05) is 18.8 Å². The molecule has 4 rings (SSSR count). The Balaban J connectivity index is 1.53. The molecular formula is C20H20N4O2S2. The molecule has 2 amide bonds. The Morgan fingerprint density at radius 1 is 1.25 bits per heavy atom. The van der Waals surface area contributed by atoms with Gasteiger partial charge in [-0.25, -0.2) is 9.97 Å². The van der Waals surface area contributed by atoms with Crippen molar-refractivity contribution in [2.45, 2.75) is 23.8 Å². The molecule has 144 valence electrons. The number of carbonyl (C=O) groups excluding carboxylic acids is 2. The number of fused-ring (bicyclic) bond motifs is 1. The van der Waals surface area contributed by atoms with Crippen molar-refractivity contribution >= 4 is 45.1 Å². The van der Waals surface area contributed by atoms with E-state index in [-0.39, 0.29) is 17.6 Å².